The van der Waals surface area contributed by atoms with Crippen LogP contribution in [0.1, 0.15) is 48.7 Å². The Kier molecular flexibility index (Phi) is 3.40. The zero-order chi connectivity index (χ0) is 16.9. The Morgan fingerprint density at radius 3 is 3.04 bits per heavy atom. The fourth-order valence-corrected chi connectivity index (χ4v) is 4.65. The highest BCUT2D eigenvalue weighted by Gasteiger charge is 2.56. The molecule has 0 saturated heterocycles. The lowest BCUT2D eigenvalue weighted by molar-refractivity contribution is 0.00767. The van der Waals surface area contributed by atoms with Crippen LogP contribution in [0.25, 0.3) is 10.9 Å². The van der Waals surface area contributed by atoms with Gasteiger partial charge in [-0.15, -0.1) is 0 Å². The van der Waals surface area contributed by atoms with E-state index in [0.717, 1.165) is 30.2 Å². The van der Waals surface area contributed by atoms with Gasteiger partial charge in [0.2, 0.25) is 0 Å². The molecule has 0 unspecified atom stereocenters. The van der Waals surface area contributed by atoms with Crippen LogP contribution < -0.4 is 5.73 Å². The van der Waals surface area contributed by atoms with Crippen LogP contribution in [-0.2, 0) is 0 Å². The van der Waals surface area contributed by atoms with Gasteiger partial charge in [-0.2, -0.15) is 5.26 Å². The maximum Gasteiger partial charge on any atom is 0.270 e. The second-order valence-corrected chi connectivity index (χ2v) is 7.19. The molecule has 1 heterocycles. The molecule has 4 rings (SSSR count). The van der Waals surface area contributed by atoms with Crippen LogP contribution in [0.3, 0.4) is 0 Å². The summed E-state index contributed by atoms with van der Waals surface area (Å²) in [6.07, 6.45) is 4.30. The molecule has 3 atom stereocenters. The summed E-state index contributed by atoms with van der Waals surface area (Å²) in [7, 11) is 0. The lowest BCUT2D eigenvalue weighted by Crippen LogP contribution is -2.66. The number of amides is 1. The quantitative estimate of drug-likeness (QED) is 0.911. The highest BCUT2D eigenvalue weighted by Crippen LogP contribution is 2.51. The number of H-pyrrole nitrogens is 1. The van der Waals surface area contributed by atoms with E-state index in [9.17, 15) is 4.79 Å². The first-order chi connectivity index (χ1) is 11.6. The first-order valence-corrected chi connectivity index (χ1v) is 8.68. The van der Waals surface area contributed by atoms with Crippen molar-refractivity contribution in [2.45, 2.75) is 44.2 Å². The van der Waals surface area contributed by atoms with Crippen molar-refractivity contribution in [2.24, 2.45) is 11.7 Å². The molecular formula is C19H22N4O. The van der Waals surface area contributed by atoms with Gasteiger partial charge in [-0.1, -0.05) is 6.42 Å². The molecule has 2 aliphatic carbocycles. The van der Waals surface area contributed by atoms with E-state index >= 15 is 0 Å². The van der Waals surface area contributed by atoms with Gasteiger partial charge in [0.25, 0.3) is 5.91 Å². The highest BCUT2D eigenvalue weighted by atomic mass is 16.2. The fraction of sp³-hybridized carbons (Fsp3) is 0.474. The second kappa shape index (κ2) is 5.35. The third kappa shape index (κ3) is 2.14. The van der Waals surface area contributed by atoms with Crippen molar-refractivity contribution in [1.29, 1.82) is 5.26 Å². The standard InChI is InChI=1S/C19H22N4O/c1-2-23(17-10-19(21)7-3-4-14(17)19)18(24)16-9-13-8-12(11-20)5-6-15(13)22-16/h5-6,8-9,14,17,22H,2-4,7,10,21H2,1H3/t14-,17-,19+/m1/s1. The monoisotopic (exact) mass is 322 g/mol. The fourth-order valence-electron chi connectivity index (χ4n) is 4.65. The number of hydrogen-bond acceptors (Lipinski definition) is 3. The summed E-state index contributed by atoms with van der Waals surface area (Å²) in [5.41, 5.74) is 8.49. The number of aromatic amines is 1. The topological polar surface area (TPSA) is 85.9 Å². The number of benzene rings is 1. The van der Waals surface area contributed by atoms with Gasteiger partial charge in [-0.25, -0.2) is 0 Å². The third-order valence-electron chi connectivity index (χ3n) is 5.93. The Morgan fingerprint density at radius 1 is 1.50 bits per heavy atom. The number of nitrogens with zero attached hydrogens (tertiary/aromatic N) is 2. The SMILES string of the molecule is CCN(C(=O)c1cc2cc(C#N)ccc2[nH]1)[C@@H]1C[C@@]2(N)CCC[C@H]12. The summed E-state index contributed by atoms with van der Waals surface area (Å²) < 4.78 is 0. The summed E-state index contributed by atoms with van der Waals surface area (Å²) >= 11 is 0. The Bertz CT molecular complexity index is 849. The average molecular weight is 322 g/mol. The summed E-state index contributed by atoms with van der Waals surface area (Å²) in [5.74, 6) is 0.474. The third-order valence-corrected chi connectivity index (χ3v) is 5.93. The van der Waals surface area contributed by atoms with Crippen LogP contribution in [0, 0.1) is 17.2 Å². The van der Waals surface area contributed by atoms with Crippen molar-refractivity contribution in [2.75, 3.05) is 6.54 Å². The number of nitrogens with two attached hydrogens (primary N) is 1. The number of fused-ring (bicyclic) bond motifs is 2. The van der Waals surface area contributed by atoms with Crippen molar-refractivity contribution in [3.63, 3.8) is 0 Å². The van der Waals surface area contributed by atoms with Gasteiger partial charge in [0.15, 0.2) is 0 Å². The molecule has 3 N–H and O–H groups in total. The molecule has 0 bridgehead atoms. The number of aromatic nitrogens is 1. The Labute approximate surface area is 141 Å². The van der Waals surface area contributed by atoms with Gasteiger partial charge in [0.1, 0.15) is 5.69 Å². The summed E-state index contributed by atoms with van der Waals surface area (Å²) in [6, 6.07) is 9.67. The molecule has 1 aromatic carbocycles. The maximum atomic E-state index is 13.0. The number of nitrogens with one attached hydrogen (secondary N) is 1. The van der Waals surface area contributed by atoms with E-state index in [-0.39, 0.29) is 17.5 Å². The molecule has 1 amide bonds. The van der Waals surface area contributed by atoms with E-state index in [1.807, 2.05) is 30.0 Å². The highest BCUT2D eigenvalue weighted by molar-refractivity contribution is 5.98. The van der Waals surface area contributed by atoms with E-state index in [1.165, 1.54) is 6.42 Å². The molecule has 2 aliphatic rings. The molecule has 2 aromatic rings. The largest absolute Gasteiger partial charge is 0.351 e. The maximum absolute atomic E-state index is 13.0. The normalized spacial score (nSPS) is 28.2. The summed E-state index contributed by atoms with van der Waals surface area (Å²) in [5, 5.41) is 9.91. The summed E-state index contributed by atoms with van der Waals surface area (Å²) in [6.45, 7) is 2.72. The smallest absolute Gasteiger partial charge is 0.270 e. The van der Waals surface area contributed by atoms with Gasteiger partial charge >= 0.3 is 0 Å². The Balaban J connectivity index is 1.61. The lowest BCUT2D eigenvalue weighted by atomic mass is 9.65. The number of carbonyl (C=O) groups excluding carboxylic acids is 1. The van der Waals surface area contributed by atoms with E-state index in [1.54, 1.807) is 6.07 Å². The molecule has 24 heavy (non-hydrogen) atoms. The first-order valence-electron chi connectivity index (χ1n) is 8.68. The molecule has 5 heteroatoms. The Morgan fingerprint density at radius 2 is 2.33 bits per heavy atom. The molecule has 0 spiro atoms. The van der Waals surface area contributed by atoms with Crippen LogP contribution in [0.4, 0.5) is 0 Å². The molecular weight excluding hydrogens is 300 g/mol. The Hall–Kier alpha value is -2.32. The van der Waals surface area contributed by atoms with Crippen LogP contribution in [-0.4, -0.2) is 33.9 Å². The van der Waals surface area contributed by atoms with Crippen LogP contribution in [0.5, 0.6) is 0 Å². The van der Waals surface area contributed by atoms with Gasteiger partial charge in [-0.05, 0) is 56.4 Å². The van der Waals surface area contributed by atoms with Crippen molar-refractivity contribution < 1.29 is 4.79 Å². The minimum Gasteiger partial charge on any atom is -0.351 e. The van der Waals surface area contributed by atoms with Crippen LogP contribution in [0.15, 0.2) is 24.3 Å². The molecule has 124 valence electrons. The minimum absolute atomic E-state index is 0.0335. The minimum atomic E-state index is -0.0412. The molecule has 1 aromatic heterocycles. The number of nitriles is 1. The first kappa shape index (κ1) is 15.2. The van der Waals surface area contributed by atoms with Crippen molar-refractivity contribution >= 4 is 16.8 Å². The molecule has 2 saturated carbocycles. The van der Waals surface area contributed by atoms with Crippen molar-refractivity contribution in [3.8, 4) is 6.07 Å². The predicted molar refractivity (Wildman–Crippen MR) is 92.4 cm³/mol. The molecule has 5 nitrogen and oxygen atoms in total. The van der Waals surface area contributed by atoms with E-state index < -0.39 is 0 Å². The lowest BCUT2D eigenvalue weighted by Gasteiger charge is -2.53. The van der Waals surface area contributed by atoms with Crippen LogP contribution >= 0.6 is 0 Å². The molecule has 0 radical (unpaired) electrons. The van der Waals surface area contributed by atoms with E-state index in [0.29, 0.717) is 23.7 Å². The van der Waals surface area contributed by atoms with Gasteiger partial charge in [0, 0.05) is 29.0 Å². The molecule has 0 aliphatic heterocycles. The van der Waals surface area contributed by atoms with Crippen molar-refractivity contribution in [3.05, 3.63) is 35.5 Å². The van der Waals surface area contributed by atoms with Crippen LogP contribution in [0.2, 0.25) is 0 Å². The summed E-state index contributed by atoms with van der Waals surface area (Å²) in [4.78, 5) is 18.2. The van der Waals surface area contributed by atoms with E-state index in [4.69, 9.17) is 11.0 Å². The number of carbonyl (C=O) groups is 1. The van der Waals surface area contributed by atoms with Gasteiger partial charge in [-0.3, -0.25) is 4.79 Å². The zero-order valence-corrected chi connectivity index (χ0v) is 13.9. The zero-order valence-electron chi connectivity index (χ0n) is 13.9. The van der Waals surface area contributed by atoms with E-state index in [2.05, 4.69) is 11.1 Å². The average Bonchev–Trinajstić information content (AvgIpc) is 3.13. The number of rotatable bonds is 3. The molecule has 2 fully saturated rings. The predicted octanol–water partition coefficient (Wildman–Crippen LogP) is 2.77. The van der Waals surface area contributed by atoms with Gasteiger partial charge in [0.05, 0.1) is 11.6 Å². The van der Waals surface area contributed by atoms with Gasteiger partial charge < -0.3 is 15.6 Å². The number of hydrogen-bond donors (Lipinski definition) is 2. The second-order valence-electron chi connectivity index (χ2n) is 7.19. The van der Waals surface area contributed by atoms with Crippen molar-refractivity contribution in [1.82, 2.24) is 9.88 Å².